The number of halogens is 1. The van der Waals surface area contributed by atoms with Crippen LogP contribution in [0.5, 0.6) is 0 Å². The number of nitrogen functional groups attached to an aromatic ring is 1. The van der Waals surface area contributed by atoms with Crippen LogP contribution >= 0.6 is 11.6 Å². The van der Waals surface area contributed by atoms with Crippen LogP contribution in [0.25, 0.3) is 0 Å². The van der Waals surface area contributed by atoms with E-state index in [9.17, 15) is 4.79 Å². The van der Waals surface area contributed by atoms with Crippen molar-refractivity contribution in [2.45, 2.75) is 19.4 Å². The van der Waals surface area contributed by atoms with Crippen molar-refractivity contribution in [2.24, 2.45) is 5.92 Å². The maximum absolute atomic E-state index is 11.4. The molecular formula is C13H18ClN3O2. The number of ether oxygens (including phenoxy) is 1. The Morgan fingerprint density at radius 2 is 2.21 bits per heavy atom. The number of nitrogens with two attached hydrogens (primary N) is 1. The first kappa shape index (κ1) is 14.1. The number of rotatable bonds is 3. The van der Waals surface area contributed by atoms with Crippen molar-refractivity contribution in [3.05, 3.63) is 22.8 Å². The number of nitrogens with zero attached hydrogens (tertiary/aromatic N) is 2. The molecule has 6 heteroatoms. The summed E-state index contributed by atoms with van der Waals surface area (Å²) in [5.41, 5.74) is 6.45. The van der Waals surface area contributed by atoms with Crippen molar-refractivity contribution in [3.63, 3.8) is 0 Å². The molecule has 5 nitrogen and oxygen atoms in total. The van der Waals surface area contributed by atoms with Gasteiger partial charge in [0.25, 0.3) is 0 Å². The number of pyridine rings is 1. The number of aromatic nitrogens is 1. The number of methoxy groups -OCH3 is 1. The largest absolute Gasteiger partial charge is 0.469 e. The average Bonchev–Trinajstić information content (AvgIpc) is 2.43. The van der Waals surface area contributed by atoms with Crippen molar-refractivity contribution in [3.8, 4) is 0 Å². The van der Waals surface area contributed by atoms with E-state index < -0.39 is 0 Å². The van der Waals surface area contributed by atoms with Crippen molar-refractivity contribution in [1.29, 1.82) is 0 Å². The number of piperidine rings is 1. The fraction of sp³-hybridized carbons (Fsp3) is 0.538. The molecule has 1 aromatic rings. The Labute approximate surface area is 117 Å². The molecule has 1 fully saturated rings. The van der Waals surface area contributed by atoms with Crippen LogP contribution in [0.4, 0.5) is 5.82 Å². The van der Waals surface area contributed by atoms with Crippen LogP contribution in [0.2, 0.25) is 5.02 Å². The summed E-state index contributed by atoms with van der Waals surface area (Å²) in [6.45, 7) is 2.34. The molecule has 0 saturated carbocycles. The van der Waals surface area contributed by atoms with E-state index in [0.29, 0.717) is 17.4 Å². The summed E-state index contributed by atoms with van der Waals surface area (Å²) in [4.78, 5) is 17.9. The fourth-order valence-electron chi connectivity index (χ4n) is 2.32. The molecule has 2 heterocycles. The number of carbonyl (C=O) groups is 1. The van der Waals surface area contributed by atoms with Gasteiger partial charge in [0.05, 0.1) is 23.7 Å². The molecule has 0 amide bonds. The molecule has 1 aliphatic rings. The first-order valence-electron chi connectivity index (χ1n) is 6.31. The Morgan fingerprint density at radius 3 is 2.84 bits per heavy atom. The van der Waals surface area contributed by atoms with Crippen LogP contribution in [0, 0.1) is 5.92 Å². The molecule has 1 saturated heterocycles. The number of likely N-dealkylation sites (tertiary alicyclic amines) is 1. The van der Waals surface area contributed by atoms with Gasteiger partial charge in [-0.1, -0.05) is 11.6 Å². The van der Waals surface area contributed by atoms with Crippen molar-refractivity contribution >= 4 is 23.4 Å². The first-order valence-corrected chi connectivity index (χ1v) is 6.69. The molecular weight excluding hydrogens is 266 g/mol. The molecule has 0 radical (unpaired) electrons. The quantitative estimate of drug-likeness (QED) is 0.855. The number of esters is 1. The van der Waals surface area contributed by atoms with E-state index in [-0.39, 0.29) is 11.9 Å². The normalized spacial score (nSPS) is 17.4. The van der Waals surface area contributed by atoms with Crippen LogP contribution in [0.3, 0.4) is 0 Å². The van der Waals surface area contributed by atoms with Gasteiger partial charge in [0.15, 0.2) is 0 Å². The van der Waals surface area contributed by atoms with Gasteiger partial charge in [0, 0.05) is 6.54 Å². The standard InChI is InChI=1S/C13H18ClN3O2/c1-19-13(18)9-4-6-17(7-5-9)8-11-10(14)2-3-12(15)16-11/h2-3,9H,4-8H2,1H3,(H2,15,16). The summed E-state index contributed by atoms with van der Waals surface area (Å²) in [6, 6.07) is 3.45. The van der Waals surface area contributed by atoms with E-state index in [1.165, 1.54) is 7.11 Å². The van der Waals surface area contributed by atoms with Gasteiger partial charge in [-0.2, -0.15) is 0 Å². The highest BCUT2D eigenvalue weighted by Gasteiger charge is 2.25. The lowest BCUT2D eigenvalue weighted by Gasteiger charge is -2.30. The van der Waals surface area contributed by atoms with E-state index in [1.54, 1.807) is 12.1 Å². The molecule has 0 unspecified atom stereocenters. The highest BCUT2D eigenvalue weighted by Crippen LogP contribution is 2.22. The van der Waals surface area contributed by atoms with Gasteiger partial charge in [-0.05, 0) is 38.1 Å². The Balaban J connectivity index is 1.92. The fourth-order valence-corrected chi connectivity index (χ4v) is 2.48. The van der Waals surface area contributed by atoms with E-state index in [1.807, 2.05) is 0 Å². The Morgan fingerprint density at radius 1 is 1.53 bits per heavy atom. The van der Waals surface area contributed by atoms with Crippen molar-refractivity contribution in [1.82, 2.24) is 9.88 Å². The molecule has 0 aliphatic carbocycles. The van der Waals surface area contributed by atoms with Crippen LogP contribution in [0.1, 0.15) is 18.5 Å². The molecule has 104 valence electrons. The topological polar surface area (TPSA) is 68.5 Å². The molecule has 0 spiro atoms. The Hall–Kier alpha value is -1.33. The molecule has 1 aliphatic heterocycles. The van der Waals surface area contributed by atoms with Crippen LogP contribution < -0.4 is 5.73 Å². The van der Waals surface area contributed by atoms with Gasteiger partial charge in [0.2, 0.25) is 0 Å². The maximum atomic E-state index is 11.4. The SMILES string of the molecule is COC(=O)C1CCN(Cc2nc(N)ccc2Cl)CC1. The number of anilines is 1. The monoisotopic (exact) mass is 283 g/mol. The van der Waals surface area contributed by atoms with Crippen molar-refractivity contribution < 1.29 is 9.53 Å². The van der Waals surface area contributed by atoms with Gasteiger partial charge < -0.3 is 10.5 Å². The second-order valence-corrected chi connectivity index (χ2v) is 5.15. The van der Waals surface area contributed by atoms with Crippen LogP contribution in [0.15, 0.2) is 12.1 Å². The minimum atomic E-state index is -0.111. The molecule has 1 aromatic heterocycles. The lowest BCUT2D eigenvalue weighted by molar-refractivity contribution is -0.147. The molecule has 2 N–H and O–H groups in total. The minimum Gasteiger partial charge on any atom is -0.469 e. The summed E-state index contributed by atoms with van der Waals surface area (Å²) in [6.07, 6.45) is 1.62. The number of hydrogen-bond donors (Lipinski definition) is 1. The molecule has 2 rings (SSSR count). The van der Waals surface area contributed by atoms with Crippen LogP contribution in [-0.2, 0) is 16.1 Å². The summed E-state index contributed by atoms with van der Waals surface area (Å²) in [5, 5.41) is 0.629. The predicted octanol–water partition coefficient (Wildman–Crippen LogP) is 1.70. The van der Waals surface area contributed by atoms with Crippen molar-refractivity contribution in [2.75, 3.05) is 25.9 Å². The lowest BCUT2D eigenvalue weighted by atomic mass is 9.97. The molecule has 0 aromatic carbocycles. The molecule has 19 heavy (non-hydrogen) atoms. The van der Waals surface area contributed by atoms with Gasteiger partial charge in [-0.3, -0.25) is 9.69 Å². The van der Waals surface area contributed by atoms with Gasteiger partial charge in [-0.15, -0.1) is 0 Å². The maximum Gasteiger partial charge on any atom is 0.308 e. The summed E-state index contributed by atoms with van der Waals surface area (Å²) < 4.78 is 4.77. The van der Waals surface area contributed by atoms with Gasteiger partial charge in [0.1, 0.15) is 5.82 Å². The second-order valence-electron chi connectivity index (χ2n) is 4.74. The number of carbonyl (C=O) groups excluding carboxylic acids is 1. The summed E-state index contributed by atoms with van der Waals surface area (Å²) in [5.74, 6) is 0.383. The first-order chi connectivity index (χ1) is 9.10. The smallest absolute Gasteiger partial charge is 0.308 e. The third-order valence-corrected chi connectivity index (χ3v) is 3.78. The van der Waals surface area contributed by atoms with E-state index in [0.717, 1.165) is 31.6 Å². The average molecular weight is 284 g/mol. The molecule has 0 bridgehead atoms. The predicted molar refractivity (Wildman–Crippen MR) is 73.7 cm³/mol. The zero-order valence-electron chi connectivity index (χ0n) is 10.9. The molecule has 0 atom stereocenters. The van der Waals surface area contributed by atoms with Gasteiger partial charge in [-0.25, -0.2) is 4.98 Å². The highest BCUT2D eigenvalue weighted by molar-refractivity contribution is 6.31. The van der Waals surface area contributed by atoms with E-state index >= 15 is 0 Å². The Bertz CT molecular complexity index is 459. The second kappa shape index (κ2) is 6.21. The third-order valence-electron chi connectivity index (χ3n) is 3.44. The third kappa shape index (κ3) is 3.58. The van der Waals surface area contributed by atoms with Gasteiger partial charge >= 0.3 is 5.97 Å². The zero-order valence-corrected chi connectivity index (χ0v) is 11.7. The summed E-state index contributed by atoms with van der Waals surface area (Å²) >= 11 is 6.10. The Kier molecular flexibility index (Phi) is 4.61. The van der Waals surface area contributed by atoms with E-state index in [4.69, 9.17) is 22.1 Å². The van der Waals surface area contributed by atoms with E-state index in [2.05, 4.69) is 9.88 Å². The highest BCUT2D eigenvalue weighted by atomic mass is 35.5. The number of hydrogen-bond acceptors (Lipinski definition) is 5. The summed E-state index contributed by atoms with van der Waals surface area (Å²) in [7, 11) is 1.44. The van der Waals surface area contributed by atoms with Crippen LogP contribution in [-0.4, -0.2) is 36.1 Å². The zero-order chi connectivity index (χ0) is 13.8. The minimum absolute atomic E-state index is 0.0190. The lowest BCUT2D eigenvalue weighted by Crippen LogP contribution is -2.36.